The van der Waals surface area contributed by atoms with E-state index >= 15 is 0 Å². The highest BCUT2D eigenvalue weighted by Gasteiger charge is 2.33. The van der Waals surface area contributed by atoms with Gasteiger partial charge in [0.05, 0.1) is 12.8 Å². The molecule has 5 heteroatoms. The van der Waals surface area contributed by atoms with Crippen molar-refractivity contribution >= 4 is 17.3 Å². The first-order chi connectivity index (χ1) is 8.45. The third kappa shape index (κ3) is 2.18. The lowest BCUT2D eigenvalue weighted by molar-refractivity contribution is -0.146. The van der Waals surface area contributed by atoms with Gasteiger partial charge in [0.2, 0.25) is 0 Å². The summed E-state index contributed by atoms with van der Waals surface area (Å²) in [5.74, 6) is 1.27. The number of rotatable bonds is 3. The van der Waals surface area contributed by atoms with E-state index in [2.05, 4.69) is 4.98 Å². The van der Waals surface area contributed by atoms with Crippen molar-refractivity contribution in [1.82, 2.24) is 4.98 Å². The zero-order valence-electron chi connectivity index (χ0n) is 10.8. The number of esters is 1. The summed E-state index contributed by atoms with van der Waals surface area (Å²) < 4.78 is 10.3. The van der Waals surface area contributed by atoms with Gasteiger partial charge in [0, 0.05) is 5.38 Å². The molecule has 2 aromatic heterocycles. The molecule has 96 valence electrons. The van der Waals surface area contributed by atoms with Gasteiger partial charge in [0.1, 0.15) is 11.2 Å². The van der Waals surface area contributed by atoms with Crippen LogP contribution in [0.5, 0.6) is 0 Å². The molecule has 2 rings (SSSR count). The van der Waals surface area contributed by atoms with Gasteiger partial charge in [-0.1, -0.05) is 0 Å². The van der Waals surface area contributed by atoms with Gasteiger partial charge >= 0.3 is 5.97 Å². The Morgan fingerprint density at radius 2 is 2.17 bits per heavy atom. The molecule has 0 unspecified atom stereocenters. The fraction of sp³-hybridized carbons (Fsp3) is 0.385. The van der Waals surface area contributed by atoms with E-state index in [1.807, 2.05) is 24.4 Å². The van der Waals surface area contributed by atoms with E-state index in [-0.39, 0.29) is 5.97 Å². The van der Waals surface area contributed by atoms with E-state index < -0.39 is 5.41 Å². The van der Waals surface area contributed by atoms with E-state index in [1.54, 1.807) is 13.8 Å². The maximum absolute atomic E-state index is 11.7. The molecule has 0 radical (unpaired) electrons. The maximum Gasteiger partial charge on any atom is 0.317 e. The average molecular weight is 265 g/mol. The summed E-state index contributed by atoms with van der Waals surface area (Å²) in [5, 5.41) is 2.64. The van der Waals surface area contributed by atoms with Crippen molar-refractivity contribution in [1.29, 1.82) is 0 Å². The average Bonchev–Trinajstić information content (AvgIpc) is 2.95. The zero-order chi connectivity index (χ0) is 13.3. The smallest absolute Gasteiger partial charge is 0.317 e. The molecule has 2 heterocycles. The summed E-state index contributed by atoms with van der Waals surface area (Å²) >= 11 is 1.46. The van der Waals surface area contributed by atoms with Crippen LogP contribution in [-0.2, 0) is 14.9 Å². The Hall–Kier alpha value is -1.62. The molecule has 2 aromatic rings. The molecule has 0 amide bonds. The van der Waals surface area contributed by atoms with Crippen LogP contribution in [0.3, 0.4) is 0 Å². The van der Waals surface area contributed by atoms with Crippen molar-refractivity contribution in [2.45, 2.75) is 26.2 Å². The molecule has 0 fully saturated rings. The van der Waals surface area contributed by atoms with Crippen molar-refractivity contribution in [3.63, 3.8) is 0 Å². The van der Waals surface area contributed by atoms with Gasteiger partial charge in [-0.3, -0.25) is 4.79 Å². The quantitative estimate of drug-likeness (QED) is 0.800. The monoisotopic (exact) mass is 265 g/mol. The summed E-state index contributed by atoms with van der Waals surface area (Å²) in [6.45, 7) is 5.48. The standard InChI is InChI=1S/C13H15NO3S/c1-8-5-6-9(17-8)11-14-10(7-18-11)13(2,3)12(15)16-4/h5-7H,1-4H3. The highest BCUT2D eigenvalue weighted by atomic mass is 32.1. The van der Waals surface area contributed by atoms with Crippen LogP contribution in [0.15, 0.2) is 21.9 Å². The minimum Gasteiger partial charge on any atom is -0.468 e. The van der Waals surface area contributed by atoms with Crippen LogP contribution in [0, 0.1) is 6.92 Å². The first kappa shape index (κ1) is 12.8. The summed E-state index contributed by atoms with van der Waals surface area (Å²) in [4.78, 5) is 16.2. The van der Waals surface area contributed by atoms with Gasteiger partial charge in [-0.25, -0.2) is 4.98 Å². The Bertz CT molecular complexity index is 568. The van der Waals surface area contributed by atoms with E-state index in [9.17, 15) is 4.79 Å². The Kier molecular flexibility index (Phi) is 3.26. The van der Waals surface area contributed by atoms with Crippen LogP contribution in [-0.4, -0.2) is 18.1 Å². The highest BCUT2D eigenvalue weighted by molar-refractivity contribution is 7.13. The van der Waals surface area contributed by atoms with Gasteiger partial charge in [0.25, 0.3) is 0 Å². The Labute approximate surface area is 110 Å². The molecule has 0 aliphatic heterocycles. The Morgan fingerprint density at radius 3 is 2.72 bits per heavy atom. The molecule has 0 aliphatic carbocycles. The maximum atomic E-state index is 11.7. The molecule has 0 saturated carbocycles. The predicted molar refractivity (Wildman–Crippen MR) is 69.6 cm³/mol. The van der Waals surface area contributed by atoms with Crippen molar-refractivity contribution in [2.24, 2.45) is 0 Å². The van der Waals surface area contributed by atoms with Crippen molar-refractivity contribution in [2.75, 3.05) is 7.11 Å². The largest absolute Gasteiger partial charge is 0.468 e. The first-order valence-electron chi connectivity index (χ1n) is 5.56. The van der Waals surface area contributed by atoms with Crippen molar-refractivity contribution < 1.29 is 13.9 Å². The molecule has 0 aliphatic rings. The zero-order valence-corrected chi connectivity index (χ0v) is 11.6. The van der Waals surface area contributed by atoms with Crippen LogP contribution in [0.25, 0.3) is 10.8 Å². The van der Waals surface area contributed by atoms with E-state index in [0.29, 0.717) is 5.69 Å². The van der Waals surface area contributed by atoms with Crippen molar-refractivity contribution in [3.05, 3.63) is 29.0 Å². The molecule has 0 N–H and O–H groups in total. The number of ether oxygens (including phenoxy) is 1. The summed E-state index contributed by atoms with van der Waals surface area (Å²) in [6, 6.07) is 3.77. The minimum absolute atomic E-state index is 0.296. The SMILES string of the molecule is COC(=O)C(C)(C)c1csc(-c2ccc(C)o2)n1. The second-order valence-electron chi connectivity index (χ2n) is 4.56. The third-order valence-electron chi connectivity index (χ3n) is 2.79. The lowest BCUT2D eigenvalue weighted by Crippen LogP contribution is -2.30. The fourth-order valence-corrected chi connectivity index (χ4v) is 2.53. The van der Waals surface area contributed by atoms with Crippen LogP contribution in [0.2, 0.25) is 0 Å². The first-order valence-corrected chi connectivity index (χ1v) is 6.44. The van der Waals surface area contributed by atoms with E-state index in [0.717, 1.165) is 16.5 Å². The number of thiazole rings is 1. The number of hydrogen-bond acceptors (Lipinski definition) is 5. The number of aromatic nitrogens is 1. The van der Waals surface area contributed by atoms with Crippen LogP contribution < -0.4 is 0 Å². The molecule has 4 nitrogen and oxygen atoms in total. The molecule has 18 heavy (non-hydrogen) atoms. The molecule has 0 bridgehead atoms. The van der Waals surface area contributed by atoms with Gasteiger partial charge in [0.15, 0.2) is 10.8 Å². The number of methoxy groups -OCH3 is 1. The number of carbonyl (C=O) groups is 1. The number of nitrogens with zero attached hydrogens (tertiary/aromatic N) is 1. The Balaban J connectivity index is 2.33. The highest BCUT2D eigenvalue weighted by Crippen LogP contribution is 2.31. The Morgan fingerprint density at radius 1 is 1.44 bits per heavy atom. The van der Waals surface area contributed by atoms with E-state index in [1.165, 1.54) is 18.4 Å². The number of hydrogen-bond donors (Lipinski definition) is 0. The number of aryl methyl sites for hydroxylation is 1. The predicted octanol–water partition coefficient (Wildman–Crippen LogP) is 3.16. The van der Waals surface area contributed by atoms with Crippen LogP contribution >= 0.6 is 11.3 Å². The van der Waals surface area contributed by atoms with Crippen molar-refractivity contribution in [3.8, 4) is 10.8 Å². The van der Waals surface area contributed by atoms with Gasteiger partial charge in [-0.05, 0) is 32.9 Å². The molecule has 0 saturated heterocycles. The van der Waals surface area contributed by atoms with Crippen LogP contribution in [0.4, 0.5) is 0 Å². The van der Waals surface area contributed by atoms with Crippen LogP contribution in [0.1, 0.15) is 25.3 Å². The summed E-state index contributed by atoms with van der Waals surface area (Å²) in [5.41, 5.74) is -0.0473. The molecule has 0 spiro atoms. The van der Waals surface area contributed by atoms with Gasteiger partial charge in [-0.15, -0.1) is 11.3 Å². The fourth-order valence-electron chi connectivity index (χ4n) is 1.58. The summed E-state index contributed by atoms with van der Waals surface area (Å²) in [6.07, 6.45) is 0. The summed E-state index contributed by atoms with van der Waals surface area (Å²) in [7, 11) is 1.38. The third-order valence-corrected chi connectivity index (χ3v) is 3.65. The minimum atomic E-state index is -0.745. The molecule has 0 atom stereocenters. The lowest BCUT2D eigenvalue weighted by Gasteiger charge is -2.18. The topological polar surface area (TPSA) is 52.3 Å². The number of carbonyl (C=O) groups excluding carboxylic acids is 1. The number of furan rings is 1. The second-order valence-corrected chi connectivity index (χ2v) is 5.42. The normalized spacial score (nSPS) is 11.6. The van der Waals surface area contributed by atoms with E-state index in [4.69, 9.17) is 9.15 Å². The molecular formula is C13H15NO3S. The molecular weight excluding hydrogens is 250 g/mol. The van der Waals surface area contributed by atoms with Gasteiger partial charge in [-0.2, -0.15) is 0 Å². The lowest BCUT2D eigenvalue weighted by atomic mass is 9.90. The second kappa shape index (κ2) is 4.57. The van der Waals surface area contributed by atoms with Gasteiger partial charge < -0.3 is 9.15 Å². The molecule has 0 aromatic carbocycles.